The van der Waals surface area contributed by atoms with Gasteiger partial charge in [0.1, 0.15) is 11.5 Å². The second kappa shape index (κ2) is 5.06. The highest BCUT2D eigenvalue weighted by Crippen LogP contribution is 2.20. The van der Waals surface area contributed by atoms with E-state index in [1.165, 1.54) is 12.1 Å². The Bertz CT molecular complexity index is 674. The topological polar surface area (TPSA) is 17.3 Å². The molecule has 2 heterocycles. The highest BCUT2D eigenvalue weighted by atomic mass is 127. The molecule has 0 bridgehead atoms. The maximum Gasteiger partial charge on any atom is 0.137 e. The number of aromatic nitrogens is 2. The molecule has 4 heteroatoms. The molecule has 0 aliphatic carbocycles. The lowest BCUT2D eigenvalue weighted by Crippen LogP contribution is -1.86. The van der Waals surface area contributed by atoms with E-state index in [4.69, 9.17) is 0 Å². The summed E-state index contributed by atoms with van der Waals surface area (Å²) in [7, 11) is 0. The number of fused-ring (bicyclic) bond motifs is 1. The molecule has 0 unspecified atom stereocenters. The molecular weight excluding hydrogens is 342 g/mol. The van der Waals surface area contributed by atoms with E-state index in [2.05, 4.69) is 4.98 Å². The van der Waals surface area contributed by atoms with Crippen molar-refractivity contribution in [3.63, 3.8) is 0 Å². The van der Waals surface area contributed by atoms with Crippen molar-refractivity contribution >= 4 is 29.6 Å². The lowest BCUT2D eigenvalue weighted by molar-refractivity contribution is 0.628. The fourth-order valence-electron chi connectivity index (χ4n) is 1.91. The first-order valence-electron chi connectivity index (χ1n) is 5.45. The van der Waals surface area contributed by atoms with Crippen LogP contribution in [0.5, 0.6) is 0 Å². The van der Waals surface area contributed by atoms with Gasteiger partial charge < -0.3 is 4.40 Å². The van der Waals surface area contributed by atoms with Gasteiger partial charge in [-0.2, -0.15) is 0 Å². The Hall–Kier alpha value is -1.43. The van der Waals surface area contributed by atoms with Crippen LogP contribution in [0, 0.1) is 12.7 Å². The molecule has 3 aromatic rings. The van der Waals surface area contributed by atoms with Crippen molar-refractivity contribution in [2.45, 2.75) is 6.92 Å². The van der Waals surface area contributed by atoms with Crippen molar-refractivity contribution in [2.24, 2.45) is 0 Å². The van der Waals surface area contributed by atoms with Crippen LogP contribution < -0.4 is 0 Å². The molecule has 18 heavy (non-hydrogen) atoms. The van der Waals surface area contributed by atoms with Gasteiger partial charge in [0.2, 0.25) is 0 Å². The van der Waals surface area contributed by atoms with E-state index in [1.54, 1.807) is 12.1 Å². The van der Waals surface area contributed by atoms with Crippen molar-refractivity contribution < 1.29 is 4.39 Å². The third-order valence-corrected chi connectivity index (χ3v) is 2.84. The van der Waals surface area contributed by atoms with Crippen LogP contribution in [-0.2, 0) is 0 Å². The first kappa shape index (κ1) is 13.0. The summed E-state index contributed by atoms with van der Waals surface area (Å²) in [6.45, 7) is 2.03. The van der Waals surface area contributed by atoms with Gasteiger partial charge in [0.15, 0.2) is 0 Å². The average Bonchev–Trinajstić information content (AvgIpc) is 2.75. The maximum atomic E-state index is 12.8. The molecule has 2 aromatic heterocycles. The van der Waals surface area contributed by atoms with E-state index < -0.39 is 0 Å². The Kier molecular flexibility index (Phi) is 3.65. The highest BCUT2D eigenvalue weighted by molar-refractivity contribution is 14.0. The first-order valence-corrected chi connectivity index (χ1v) is 5.45. The zero-order valence-corrected chi connectivity index (χ0v) is 12.1. The Morgan fingerprint density at radius 2 is 1.78 bits per heavy atom. The summed E-state index contributed by atoms with van der Waals surface area (Å²) in [6, 6.07) is 12.4. The van der Waals surface area contributed by atoms with Crippen LogP contribution >= 0.6 is 24.0 Å². The highest BCUT2D eigenvalue weighted by Gasteiger charge is 2.05. The average molecular weight is 354 g/mol. The predicted molar refractivity (Wildman–Crippen MR) is 80.7 cm³/mol. The third-order valence-electron chi connectivity index (χ3n) is 2.84. The maximum absolute atomic E-state index is 12.8. The van der Waals surface area contributed by atoms with Gasteiger partial charge in [0.05, 0.1) is 5.69 Å². The molecular formula is C14H12FIN2. The van der Waals surface area contributed by atoms with Crippen LogP contribution in [0.15, 0.2) is 48.7 Å². The number of pyridine rings is 1. The summed E-state index contributed by atoms with van der Waals surface area (Å²) in [5.41, 5.74) is 3.82. The van der Waals surface area contributed by atoms with Gasteiger partial charge in [0, 0.05) is 17.5 Å². The number of rotatable bonds is 1. The van der Waals surface area contributed by atoms with Crippen molar-refractivity contribution in [2.75, 3.05) is 0 Å². The van der Waals surface area contributed by atoms with Crippen LogP contribution in [0.1, 0.15) is 5.69 Å². The summed E-state index contributed by atoms with van der Waals surface area (Å²) < 4.78 is 14.9. The standard InChI is InChI=1S/C14H11FN2.HI/c1-10-3-2-4-14-16-13(9-17(10)14)11-5-7-12(15)8-6-11;/h2-9H,1H3;1H. The zero-order valence-electron chi connectivity index (χ0n) is 9.80. The molecule has 0 aliphatic rings. The first-order chi connectivity index (χ1) is 8.24. The van der Waals surface area contributed by atoms with Gasteiger partial charge in [-0.25, -0.2) is 9.37 Å². The number of nitrogens with zero attached hydrogens (tertiary/aromatic N) is 2. The van der Waals surface area contributed by atoms with E-state index in [9.17, 15) is 4.39 Å². The monoisotopic (exact) mass is 354 g/mol. The Morgan fingerprint density at radius 3 is 2.44 bits per heavy atom. The predicted octanol–water partition coefficient (Wildman–Crippen LogP) is 4.07. The molecule has 3 rings (SSSR count). The Balaban J connectivity index is 0.00000120. The number of imidazole rings is 1. The molecule has 0 saturated heterocycles. The molecule has 0 atom stereocenters. The number of aryl methyl sites for hydroxylation is 1. The largest absolute Gasteiger partial charge is 0.304 e. The summed E-state index contributed by atoms with van der Waals surface area (Å²) in [6.07, 6.45) is 1.97. The molecule has 0 N–H and O–H groups in total. The minimum Gasteiger partial charge on any atom is -0.304 e. The van der Waals surface area contributed by atoms with Crippen molar-refractivity contribution in [1.82, 2.24) is 9.38 Å². The van der Waals surface area contributed by atoms with Crippen LogP contribution in [0.4, 0.5) is 4.39 Å². The smallest absolute Gasteiger partial charge is 0.137 e. The molecule has 1 aromatic carbocycles. The van der Waals surface area contributed by atoms with E-state index in [1.807, 2.05) is 35.7 Å². The summed E-state index contributed by atoms with van der Waals surface area (Å²) in [5, 5.41) is 0. The third kappa shape index (κ3) is 2.25. The molecule has 0 saturated carbocycles. The van der Waals surface area contributed by atoms with Crippen LogP contribution in [0.25, 0.3) is 16.9 Å². The Labute approximate surface area is 122 Å². The van der Waals surface area contributed by atoms with Crippen LogP contribution in [0.2, 0.25) is 0 Å². The Morgan fingerprint density at radius 1 is 1.06 bits per heavy atom. The number of hydrogen-bond donors (Lipinski definition) is 0. The van der Waals surface area contributed by atoms with Gasteiger partial charge in [-0.15, -0.1) is 24.0 Å². The second-order valence-corrected chi connectivity index (χ2v) is 4.03. The molecule has 0 radical (unpaired) electrons. The normalized spacial score (nSPS) is 10.3. The summed E-state index contributed by atoms with van der Waals surface area (Å²) >= 11 is 0. The van der Waals surface area contributed by atoms with E-state index >= 15 is 0 Å². The van der Waals surface area contributed by atoms with Crippen LogP contribution in [0.3, 0.4) is 0 Å². The minimum atomic E-state index is -0.228. The summed E-state index contributed by atoms with van der Waals surface area (Å²) in [4.78, 5) is 4.51. The molecule has 0 spiro atoms. The van der Waals surface area contributed by atoms with Gasteiger partial charge in [-0.05, 0) is 43.3 Å². The number of halogens is 2. The van der Waals surface area contributed by atoms with Gasteiger partial charge >= 0.3 is 0 Å². The van der Waals surface area contributed by atoms with Crippen molar-refractivity contribution in [3.05, 3.63) is 60.2 Å². The van der Waals surface area contributed by atoms with Crippen LogP contribution in [-0.4, -0.2) is 9.38 Å². The molecule has 92 valence electrons. The fraction of sp³-hybridized carbons (Fsp3) is 0.0714. The van der Waals surface area contributed by atoms with Crippen molar-refractivity contribution in [3.8, 4) is 11.3 Å². The molecule has 2 nitrogen and oxygen atoms in total. The minimum absolute atomic E-state index is 0. The van der Waals surface area contributed by atoms with Gasteiger partial charge in [0.25, 0.3) is 0 Å². The lowest BCUT2D eigenvalue weighted by Gasteiger charge is -1.96. The van der Waals surface area contributed by atoms with Gasteiger partial charge in [-0.1, -0.05) is 6.07 Å². The van der Waals surface area contributed by atoms with Crippen molar-refractivity contribution in [1.29, 1.82) is 0 Å². The zero-order chi connectivity index (χ0) is 11.8. The molecule has 0 amide bonds. The summed E-state index contributed by atoms with van der Waals surface area (Å²) in [5.74, 6) is -0.228. The fourth-order valence-corrected chi connectivity index (χ4v) is 1.91. The van der Waals surface area contributed by atoms with E-state index in [-0.39, 0.29) is 29.8 Å². The number of hydrogen-bond acceptors (Lipinski definition) is 1. The molecule has 0 fully saturated rings. The SMILES string of the molecule is Cc1cccc2nc(-c3ccc(F)cc3)cn12.I. The van der Waals surface area contributed by atoms with Gasteiger partial charge in [-0.3, -0.25) is 0 Å². The lowest BCUT2D eigenvalue weighted by atomic mass is 10.2. The van der Waals surface area contributed by atoms with E-state index in [0.29, 0.717) is 0 Å². The van der Waals surface area contributed by atoms with E-state index in [0.717, 1.165) is 22.6 Å². The quantitative estimate of drug-likeness (QED) is 0.603. The number of benzene rings is 1. The molecule has 0 aliphatic heterocycles. The second-order valence-electron chi connectivity index (χ2n) is 4.03.